The van der Waals surface area contributed by atoms with Gasteiger partial charge in [0, 0.05) is 6.54 Å². The number of halogens is 1. The van der Waals surface area contributed by atoms with E-state index in [0.717, 1.165) is 74.3 Å². The van der Waals surface area contributed by atoms with Crippen molar-refractivity contribution >= 4 is 28.2 Å². The third-order valence-electron chi connectivity index (χ3n) is 6.01. The monoisotopic (exact) mass is 520 g/mol. The van der Waals surface area contributed by atoms with Crippen LogP contribution >= 0.6 is 0 Å². The zero-order chi connectivity index (χ0) is 27.0. The highest BCUT2D eigenvalue weighted by molar-refractivity contribution is 5.88. The van der Waals surface area contributed by atoms with Gasteiger partial charge in [0.2, 0.25) is 0 Å². The number of nitrogens with two attached hydrogens (primary N) is 1. The molecule has 0 unspecified atom stereocenters. The maximum absolute atomic E-state index is 14.5. The van der Waals surface area contributed by atoms with Crippen LogP contribution in [0.5, 0.6) is 0 Å². The lowest BCUT2D eigenvalue weighted by Crippen LogP contribution is -2.22. The minimum atomic E-state index is -0.717. The molecule has 0 aliphatic carbocycles. The zero-order valence-corrected chi connectivity index (χ0v) is 21.7. The van der Waals surface area contributed by atoms with E-state index in [1.54, 1.807) is 0 Å². The Hall–Kier alpha value is -3.71. The molecule has 0 atom stereocenters. The Morgan fingerprint density at radius 3 is 2.32 bits per heavy atom. The van der Waals surface area contributed by atoms with Gasteiger partial charge in [-0.15, -0.1) is 0 Å². The molecule has 0 radical (unpaired) electrons. The van der Waals surface area contributed by atoms with Gasteiger partial charge in [-0.1, -0.05) is 36.4 Å². The first-order valence-electron chi connectivity index (χ1n) is 13.1. The number of benzene rings is 3. The van der Waals surface area contributed by atoms with Gasteiger partial charge in [0.15, 0.2) is 0 Å². The number of nitrogens with one attached hydrogen (secondary N) is 4. The summed E-state index contributed by atoms with van der Waals surface area (Å²) in [5, 5.41) is 23.9. The Balaban J connectivity index is 1.40. The van der Waals surface area contributed by atoms with Gasteiger partial charge in [-0.05, 0) is 92.9 Å². The van der Waals surface area contributed by atoms with Gasteiger partial charge in [-0.25, -0.2) is 9.18 Å². The van der Waals surface area contributed by atoms with Crippen molar-refractivity contribution in [2.45, 2.75) is 32.3 Å². The number of amides is 1. The number of anilines is 2. The number of nitrogens with zero attached hydrogens (tertiary/aromatic N) is 1. The lowest BCUT2D eigenvalue weighted by molar-refractivity contribution is 0.155. The van der Waals surface area contributed by atoms with Crippen LogP contribution in [-0.4, -0.2) is 45.4 Å². The van der Waals surface area contributed by atoms with Crippen molar-refractivity contribution in [3.8, 4) is 6.07 Å². The van der Waals surface area contributed by atoms with Crippen molar-refractivity contribution in [1.29, 1.82) is 5.26 Å². The highest BCUT2D eigenvalue weighted by Crippen LogP contribution is 2.25. The number of carbonyl (C=O) groups excluding carboxylic acids is 1. The average Bonchev–Trinajstić information content (AvgIpc) is 2.93. The standard InChI is InChI=1S/C29H37FN6O2/c30-26-18-25(20-32)27(19-28(26)35-16-6-15-34-13-4-3-12-33-14-5-11-31)36-29(37)38-21-22-9-10-23-7-1-2-8-24(23)17-22/h1-2,7-10,17-19,33-35H,3-6,11-16,21,31H2,(H,36,37). The van der Waals surface area contributed by atoms with Crippen molar-refractivity contribution < 1.29 is 13.9 Å². The summed E-state index contributed by atoms with van der Waals surface area (Å²) < 4.78 is 19.8. The van der Waals surface area contributed by atoms with E-state index in [0.29, 0.717) is 13.1 Å². The van der Waals surface area contributed by atoms with Gasteiger partial charge < -0.3 is 26.4 Å². The summed E-state index contributed by atoms with van der Waals surface area (Å²) in [4.78, 5) is 12.4. The predicted molar refractivity (Wildman–Crippen MR) is 151 cm³/mol. The van der Waals surface area contributed by atoms with Gasteiger partial charge in [0.1, 0.15) is 18.5 Å². The van der Waals surface area contributed by atoms with Crippen molar-refractivity contribution in [2.75, 3.05) is 49.9 Å². The first kappa shape index (κ1) is 28.9. The fraction of sp³-hybridized carbons (Fsp3) is 0.379. The highest BCUT2D eigenvalue weighted by Gasteiger charge is 2.13. The number of nitriles is 1. The van der Waals surface area contributed by atoms with Crippen molar-refractivity contribution in [3.05, 3.63) is 71.5 Å². The fourth-order valence-corrected chi connectivity index (χ4v) is 3.94. The summed E-state index contributed by atoms with van der Waals surface area (Å²) in [5.74, 6) is -0.549. The zero-order valence-electron chi connectivity index (χ0n) is 21.7. The van der Waals surface area contributed by atoms with Gasteiger partial charge >= 0.3 is 6.09 Å². The van der Waals surface area contributed by atoms with E-state index in [4.69, 9.17) is 10.5 Å². The maximum atomic E-state index is 14.5. The molecule has 202 valence electrons. The maximum Gasteiger partial charge on any atom is 0.411 e. The minimum Gasteiger partial charge on any atom is -0.444 e. The molecule has 0 fully saturated rings. The topological polar surface area (TPSA) is 124 Å². The van der Waals surface area contributed by atoms with E-state index >= 15 is 0 Å². The van der Waals surface area contributed by atoms with Crippen LogP contribution in [0.15, 0.2) is 54.6 Å². The molecule has 0 aliphatic heterocycles. The van der Waals surface area contributed by atoms with Crippen molar-refractivity contribution in [2.24, 2.45) is 5.73 Å². The van der Waals surface area contributed by atoms with Crippen LogP contribution in [0, 0.1) is 17.1 Å². The van der Waals surface area contributed by atoms with Crippen molar-refractivity contribution in [1.82, 2.24) is 10.6 Å². The Kier molecular flexibility index (Phi) is 12.3. The molecule has 9 heteroatoms. The van der Waals surface area contributed by atoms with Gasteiger partial charge in [0.25, 0.3) is 0 Å². The molecule has 3 aromatic rings. The number of unbranched alkanes of at least 4 members (excludes halogenated alkanes) is 1. The Labute approximate surface area is 223 Å². The molecule has 0 saturated carbocycles. The van der Waals surface area contributed by atoms with Crippen LogP contribution in [-0.2, 0) is 11.3 Å². The average molecular weight is 521 g/mol. The summed E-state index contributed by atoms with van der Waals surface area (Å²) >= 11 is 0. The molecule has 38 heavy (non-hydrogen) atoms. The van der Waals surface area contributed by atoms with Crippen LogP contribution in [0.3, 0.4) is 0 Å². The molecule has 0 spiro atoms. The first-order valence-corrected chi connectivity index (χ1v) is 13.1. The van der Waals surface area contributed by atoms with Crippen LogP contribution < -0.4 is 27.0 Å². The Morgan fingerprint density at radius 2 is 1.58 bits per heavy atom. The second-order valence-electron chi connectivity index (χ2n) is 9.00. The summed E-state index contributed by atoms with van der Waals surface area (Å²) in [7, 11) is 0. The van der Waals surface area contributed by atoms with Crippen LogP contribution in [0.4, 0.5) is 20.6 Å². The molecule has 1 amide bonds. The number of hydrogen-bond donors (Lipinski definition) is 5. The Morgan fingerprint density at radius 1 is 0.868 bits per heavy atom. The van der Waals surface area contributed by atoms with E-state index < -0.39 is 11.9 Å². The molecule has 3 aromatic carbocycles. The second kappa shape index (κ2) is 16.2. The van der Waals surface area contributed by atoms with Gasteiger partial charge in [-0.2, -0.15) is 5.26 Å². The van der Waals surface area contributed by atoms with Crippen LogP contribution in [0.2, 0.25) is 0 Å². The second-order valence-corrected chi connectivity index (χ2v) is 9.00. The predicted octanol–water partition coefficient (Wildman–Crippen LogP) is 4.71. The molecular weight excluding hydrogens is 483 g/mol. The normalized spacial score (nSPS) is 10.8. The lowest BCUT2D eigenvalue weighted by atomic mass is 10.1. The van der Waals surface area contributed by atoms with E-state index in [-0.39, 0.29) is 23.5 Å². The number of hydrogen-bond acceptors (Lipinski definition) is 7. The SMILES string of the molecule is N#Cc1cc(F)c(NCCCNCCCCNCCCN)cc1NC(=O)OCc1ccc2ccccc2c1. The van der Waals surface area contributed by atoms with E-state index in [2.05, 4.69) is 21.3 Å². The summed E-state index contributed by atoms with van der Waals surface area (Å²) in [6, 6.07) is 18.2. The van der Waals surface area contributed by atoms with Gasteiger partial charge in [-0.3, -0.25) is 5.32 Å². The quantitative estimate of drug-likeness (QED) is 0.173. The third kappa shape index (κ3) is 9.63. The molecule has 0 heterocycles. The molecule has 6 N–H and O–H groups in total. The van der Waals surface area contributed by atoms with Crippen molar-refractivity contribution in [3.63, 3.8) is 0 Å². The number of fused-ring (bicyclic) bond motifs is 1. The molecule has 0 aliphatic rings. The summed E-state index contributed by atoms with van der Waals surface area (Å²) in [5.41, 5.74) is 6.74. The minimum absolute atomic E-state index is 0.0230. The summed E-state index contributed by atoms with van der Waals surface area (Å²) in [6.07, 6.45) is 3.27. The number of ether oxygens (including phenoxy) is 1. The van der Waals surface area contributed by atoms with E-state index in [9.17, 15) is 14.4 Å². The fourth-order valence-electron chi connectivity index (χ4n) is 3.94. The third-order valence-corrected chi connectivity index (χ3v) is 6.01. The Bertz CT molecular complexity index is 1210. The molecule has 8 nitrogen and oxygen atoms in total. The highest BCUT2D eigenvalue weighted by atomic mass is 19.1. The summed E-state index contributed by atoms with van der Waals surface area (Å²) in [6.45, 7) is 5.02. The van der Waals surface area contributed by atoms with Crippen LogP contribution in [0.25, 0.3) is 10.8 Å². The molecule has 3 rings (SSSR count). The van der Waals surface area contributed by atoms with Gasteiger partial charge in [0.05, 0.1) is 16.9 Å². The largest absolute Gasteiger partial charge is 0.444 e. The molecule has 0 saturated heterocycles. The smallest absolute Gasteiger partial charge is 0.411 e. The van der Waals surface area contributed by atoms with E-state index in [1.807, 2.05) is 48.5 Å². The number of carbonyl (C=O) groups is 1. The molecule has 0 bridgehead atoms. The lowest BCUT2D eigenvalue weighted by Gasteiger charge is -2.13. The number of rotatable bonds is 16. The first-order chi connectivity index (χ1) is 18.6. The van der Waals surface area contributed by atoms with Crippen LogP contribution in [0.1, 0.15) is 36.8 Å². The molecule has 0 aromatic heterocycles. The van der Waals surface area contributed by atoms with E-state index in [1.165, 1.54) is 6.07 Å². The molecular formula is C29H37FN6O2.